The molecule has 1 fully saturated rings. The van der Waals surface area contributed by atoms with Crippen molar-refractivity contribution >= 4 is 21.8 Å². The van der Waals surface area contributed by atoms with E-state index >= 15 is 0 Å². The summed E-state index contributed by atoms with van der Waals surface area (Å²) in [4.78, 5) is 12.2. The topological polar surface area (TPSA) is 50.4 Å². The summed E-state index contributed by atoms with van der Waals surface area (Å²) in [6, 6.07) is 8.24. The SMILES string of the molecule is CC1CC(NC(=O)C(C)Oc2ccccc2Br)CCN1. The molecule has 1 aliphatic rings. The lowest BCUT2D eigenvalue weighted by atomic mass is 10.0. The number of hydrogen-bond acceptors (Lipinski definition) is 3. The summed E-state index contributed by atoms with van der Waals surface area (Å²) < 4.78 is 6.56. The van der Waals surface area contributed by atoms with Crippen molar-refractivity contribution in [2.24, 2.45) is 0 Å². The van der Waals surface area contributed by atoms with E-state index < -0.39 is 6.10 Å². The molecule has 2 rings (SSSR count). The maximum absolute atomic E-state index is 12.2. The highest BCUT2D eigenvalue weighted by molar-refractivity contribution is 9.10. The smallest absolute Gasteiger partial charge is 0.260 e. The lowest BCUT2D eigenvalue weighted by Crippen LogP contribution is -2.49. The third-order valence-electron chi connectivity index (χ3n) is 3.48. The molecule has 1 saturated heterocycles. The molecule has 4 nitrogen and oxygen atoms in total. The molecule has 5 heteroatoms. The number of rotatable bonds is 4. The highest BCUT2D eigenvalue weighted by Gasteiger charge is 2.23. The van der Waals surface area contributed by atoms with Crippen LogP contribution in [0.5, 0.6) is 5.75 Å². The van der Waals surface area contributed by atoms with Gasteiger partial charge in [-0.15, -0.1) is 0 Å². The monoisotopic (exact) mass is 340 g/mol. The summed E-state index contributed by atoms with van der Waals surface area (Å²) in [5.41, 5.74) is 0. The minimum Gasteiger partial charge on any atom is -0.480 e. The van der Waals surface area contributed by atoms with Crippen molar-refractivity contribution in [1.29, 1.82) is 0 Å². The molecule has 1 amide bonds. The molecule has 1 aliphatic heterocycles. The molecule has 0 bridgehead atoms. The number of para-hydroxylation sites is 1. The quantitative estimate of drug-likeness (QED) is 0.885. The van der Waals surface area contributed by atoms with Crippen molar-refractivity contribution in [3.05, 3.63) is 28.7 Å². The van der Waals surface area contributed by atoms with Gasteiger partial charge in [-0.1, -0.05) is 12.1 Å². The van der Waals surface area contributed by atoms with E-state index in [0.717, 1.165) is 23.9 Å². The number of ether oxygens (including phenoxy) is 1. The van der Waals surface area contributed by atoms with Gasteiger partial charge < -0.3 is 15.4 Å². The molecule has 2 N–H and O–H groups in total. The Labute approximate surface area is 128 Å². The average molecular weight is 341 g/mol. The van der Waals surface area contributed by atoms with Crippen molar-refractivity contribution in [1.82, 2.24) is 10.6 Å². The third-order valence-corrected chi connectivity index (χ3v) is 4.13. The zero-order valence-corrected chi connectivity index (χ0v) is 13.4. The third kappa shape index (κ3) is 4.21. The summed E-state index contributed by atoms with van der Waals surface area (Å²) in [5, 5.41) is 6.44. The second-order valence-electron chi connectivity index (χ2n) is 5.28. The molecule has 1 heterocycles. The molecule has 0 aromatic heterocycles. The molecular weight excluding hydrogens is 320 g/mol. The molecule has 0 aliphatic carbocycles. The van der Waals surface area contributed by atoms with Crippen molar-refractivity contribution in [2.75, 3.05) is 6.54 Å². The van der Waals surface area contributed by atoms with Crippen molar-refractivity contribution in [2.45, 2.75) is 44.9 Å². The Balaban J connectivity index is 1.87. The lowest BCUT2D eigenvalue weighted by Gasteiger charge is -2.29. The Bertz CT molecular complexity index is 467. The highest BCUT2D eigenvalue weighted by Crippen LogP contribution is 2.24. The zero-order chi connectivity index (χ0) is 14.5. The minimum absolute atomic E-state index is 0.0557. The summed E-state index contributed by atoms with van der Waals surface area (Å²) >= 11 is 3.42. The number of amides is 1. The van der Waals surface area contributed by atoms with Crippen LogP contribution in [0.2, 0.25) is 0 Å². The van der Waals surface area contributed by atoms with E-state index in [0.29, 0.717) is 11.8 Å². The van der Waals surface area contributed by atoms with Crippen LogP contribution >= 0.6 is 15.9 Å². The van der Waals surface area contributed by atoms with Crippen LogP contribution in [-0.2, 0) is 4.79 Å². The van der Waals surface area contributed by atoms with Crippen molar-refractivity contribution in [3.8, 4) is 5.75 Å². The molecular formula is C15H21BrN2O2. The summed E-state index contributed by atoms with van der Waals surface area (Å²) in [5.74, 6) is 0.633. The van der Waals surface area contributed by atoms with Gasteiger partial charge in [-0.2, -0.15) is 0 Å². The fourth-order valence-electron chi connectivity index (χ4n) is 2.37. The molecule has 1 aromatic rings. The van der Waals surface area contributed by atoms with Crippen molar-refractivity contribution in [3.63, 3.8) is 0 Å². The van der Waals surface area contributed by atoms with Crippen LogP contribution in [0.3, 0.4) is 0 Å². The highest BCUT2D eigenvalue weighted by atomic mass is 79.9. The van der Waals surface area contributed by atoms with Crippen LogP contribution in [0, 0.1) is 0 Å². The van der Waals surface area contributed by atoms with Crippen LogP contribution < -0.4 is 15.4 Å². The van der Waals surface area contributed by atoms with E-state index in [4.69, 9.17) is 4.74 Å². The van der Waals surface area contributed by atoms with Crippen LogP contribution in [-0.4, -0.2) is 30.6 Å². The summed E-state index contributed by atoms with van der Waals surface area (Å²) in [6.07, 6.45) is 1.43. The van der Waals surface area contributed by atoms with E-state index in [9.17, 15) is 4.79 Å². The van der Waals surface area contributed by atoms with Gasteiger partial charge in [0.2, 0.25) is 0 Å². The molecule has 0 spiro atoms. The Morgan fingerprint density at radius 1 is 1.50 bits per heavy atom. The van der Waals surface area contributed by atoms with Gasteiger partial charge >= 0.3 is 0 Å². The largest absolute Gasteiger partial charge is 0.480 e. The maximum atomic E-state index is 12.2. The fourth-order valence-corrected chi connectivity index (χ4v) is 2.74. The van der Waals surface area contributed by atoms with Crippen LogP contribution in [0.4, 0.5) is 0 Å². The fraction of sp³-hybridized carbons (Fsp3) is 0.533. The number of hydrogen-bond donors (Lipinski definition) is 2. The normalized spacial score (nSPS) is 23.9. The van der Waals surface area contributed by atoms with E-state index in [1.165, 1.54) is 0 Å². The molecule has 0 radical (unpaired) electrons. The Hall–Kier alpha value is -1.07. The summed E-state index contributed by atoms with van der Waals surface area (Å²) in [7, 11) is 0. The number of benzene rings is 1. The Kier molecular flexibility index (Phi) is 5.43. The van der Waals surface area contributed by atoms with Gasteiger partial charge in [0.15, 0.2) is 6.10 Å². The maximum Gasteiger partial charge on any atom is 0.260 e. The van der Waals surface area contributed by atoms with Crippen LogP contribution in [0.25, 0.3) is 0 Å². The van der Waals surface area contributed by atoms with Gasteiger partial charge in [0.25, 0.3) is 5.91 Å². The van der Waals surface area contributed by atoms with Gasteiger partial charge in [-0.25, -0.2) is 0 Å². The van der Waals surface area contributed by atoms with Gasteiger partial charge in [0, 0.05) is 12.1 Å². The van der Waals surface area contributed by atoms with Crippen molar-refractivity contribution < 1.29 is 9.53 Å². The second-order valence-corrected chi connectivity index (χ2v) is 6.13. The minimum atomic E-state index is -0.501. The van der Waals surface area contributed by atoms with Gasteiger partial charge in [-0.3, -0.25) is 4.79 Å². The first kappa shape index (κ1) is 15.3. The van der Waals surface area contributed by atoms with Gasteiger partial charge in [-0.05, 0) is 61.3 Å². The Morgan fingerprint density at radius 2 is 2.25 bits per heavy atom. The number of carbonyl (C=O) groups is 1. The standard InChI is InChI=1S/C15H21BrN2O2/c1-10-9-12(7-8-17-10)18-15(19)11(2)20-14-6-4-3-5-13(14)16/h3-6,10-12,17H,7-9H2,1-2H3,(H,18,19). The van der Waals surface area contributed by atoms with Gasteiger partial charge in [0.1, 0.15) is 5.75 Å². The predicted octanol–water partition coefficient (Wildman–Crippen LogP) is 2.47. The van der Waals surface area contributed by atoms with E-state index in [1.54, 1.807) is 6.92 Å². The zero-order valence-electron chi connectivity index (χ0n) is 11.9. The lowest BCUT2D eigenvalue weighted by molar-refractivity contribution is -0.128. The molecule has 1 aromatic carbocycles. The number of piperidine rings is 1. The van der Waals surface area contributed by atoms with E-state index in [2.05, 4.69) is 33.5 Å². The van der Waals surface area contributed by atoms with E-state index in [1.807, 2.05) is 24.3 Å². The van der Waals surface area contributed by atoms with Gasteiger partial charge in [0.05, 0.1) is 4.47 Å². The first-order valence-electron chi connectivity index (χ1n) is 7.01. The molecule has 3 atom stereocenters. The first-order chi connectivity index (χ1) is 9.56. The molecule has 20 heavy (non-hydrogen) atoms. The predicted molar refractivity (Wildman–Crippen MR) is 82.9 cm³/mol. The first-order valence-corrected chi connectivity index (χ1v) is 7.80. The average Bonchev–Trinajstić information content (AvgIpc) is 2.41. The number of carbonyl (C=O) groups excluding carboxylic acids is 1. The number of nitrogens with one attached hydrogen (secondary N) is 2. The van der Waals surface area contributed by atoms with E-state index in [-0.39, 0.29) is 11.9 Å². The van der Waals surface area contributed by atoms with Crippen LogP contribution in [0.1, 0.15) is 26.7 Å². The second kappa shape index (κ2) is 7.09. The summed E-state index contributed by atoms with van der Waals surface area (Å²) in [6.45, 7) is 4.87. The van der Waals surface area contributed by atoms with Crippen LogP contribution in [0.15, 0.2) is 28.7 Å². The number of halogens is 1. The molecule has 0 saturated carbocycles. The molecule has 3 unspecified atom stereocenters. The Morgan fingerprint density at radius 3 is 2.95 bits per heavy atom. The molecule has 110 valence electrons.